The van der Waals surface area contributed by atoms with Crippen LogP contribution in [0, 0.1) is 11.8 Å². The second-order valence-corrected chi connectivity index (χ2v) is 5.58. The van der Waals surface area contributed by atoms with E-state index in [0.717, 1.165) is 12.3 Å². The lowest BCUT2D eigenvalue weighted by Crippen LogP contribution is -2.26. The molecule has 82 valence electrons. The Kier molecular flexibility index (Phi) is 3.77. The zero-order valence-corrected chi connectivity index (χ0v) is 10.0. The Bertz CT molecular complexity index is 210. The maximum atomic E-state index is 9.76. The van der Waals surface area contributed by atoms with Crippen LogP contribution in [0.3, 0.4) is 0 Å². The molecule has 14 heavy (non-hydrogen) atoms. The minimum Gasteiger partial charge on any atom is -0.390 e. The van der Waals surface area contributed by atoms with Gasteiger partial charge in [0.15, 0.2) is 0 Å². The summed E-state index contributed by atoms with van der Waals surface area (Å²) in [5, 5.41) is 9.76. The van der Waals surface area contributed by atoms with Crippen molar-refractivity contribution in [3.63, 3.8) is 0 Å². The molecule has 0 amide bonds. The molecule has 1 rings (SSSR count). The molecule has 1 aliphatic rings. The van der Waals surface area contributed by atoms with Gasteiger partial charge in [-0.2, -0.15) is 0 Å². The maximum absolute atomic E-state index is 9.76. The van der Waals surface area contributed by atoms with Gasteiger partial charge in [0, 0.05) is 0 Å². The quantitative estimate of drug-likeness (QED) is 0.685. The highest BCUT2D eigenvalue weighted by Crippen LogP contribution is 2.33. The molecule has 2 atom stereocenters. The van der Waals surface area contributed by atoms with Crippen molar-refractivity contribution < 1.29 is 5.11 Å². The highest BCUT2D eigenvalue weighted by Gasteiger charge is 2.24. The van der Waals surface area contributed by atoms with Crippen molar-refractivity contribution in [2.75, 3.05) is 0 Å². The monoisotopic (exact) mass is 196 g/mol. The van der Waals surface area contributed by atoms with E-state index in [1.807, 2.05) is 13.8 Å². The first-order valence-electron chi connectivity index (χ1n) is 5.76. The number of aliphatic hydroxyl groups is 1. The molecular weight excluding hydrogens is 172 g/mol. The van der Waals surface area contributed by atoms with Gasteiger partial charge in [0.1, 0.15) is 0 Å². The Morgan fingerprint density at radius 1 is 1.57 bits per heavy atom. The van der Waals surface area contributed by atoms with Crippen LogP contribution in [-0.2, 0) is 0 Å². The van der Waals surface area contributed by atoms with Gasteiger partial charge in [-0.3, -0.25) is 0 Å². The van der Waals surface area contributed by atoms with Crippen LogP contribution in [0.25, 0.3) is 0 Å². The third-order valence-corrected chi connectivity index (χ3v) is 3.30. The van der Waals surface area contributed by atoms with E-state index in [-0.39, 0.29) is 0 Å². The van der Waals surface area contributed by atoms with Crippen molar-refractivity contribution in [2.45, 2.75) is 59.0 Å². The normalized spacial score (nSPS) is 25.8. The first-order valence-corrected chi connectivity index (χ1v) is 5.76. The van der Waals surface area contributed by atoms with Crippen LogP contribution in [-0.4, -0.2) is 10.7 Å². The molecule has 0 aromatic heterocycles. The van der Waals surface area contributed by atoms with Crippen molar-refractivity contribution in [2.24, 2.45) is 11.8 Å². The van der Waals surface area contributed by atoms with E-state index in [2.05, 4.69) is 19.9 Å². The third-order valence-electron chi connectivity index (χ3n) is 3.30. The molecule has 1 N–H and O–H groups in total. The van der Waals surface area contributed by atoms with Gasteiger partial charge in [0.2, 0.25) is 0 Å². The van der Waals surface area contributed by atoms with Crippen molar-refractivity contribution in [1.29, 1.82) is 0 Å². The summed E-state index contributed by atoms with van der Waals surface area (Å²) in [7, 11) is 0. The number of hydrogen-bond acceptors (Lipinski definition) is 1. The fraction of sp³-hybridized carbons (Fsp3) is 0.846. The lowest BCUT2D eigenvalue weighted by atomic mass is 9.77. The average Bonchev–Trinajstić information content (AvgIpc) is 2.02. The first kappa shape index (κ1) is 11.8. The summed E-state index contributed by atoms with van der Waals surface area (Å²) in [6.45, 7) is 8.31. The molecule has 0 heterocycles. The predicted octanol–water partition coefficient (Wildman–Crippen LogP) is 3.53. The zero-order valence-electron chi connectivity index (χ0n) is 10.0. The molecule has 0 fully saturated rings. The van der Waals surface area contributed by atoms with Crippen LogP contribution < -0.4 is 0 Å². The second-order valence-electron chi connectivity index (χ2n) is 5.58. The smallest absolute Gasteiger partial charge is 0.0594 e. The molecule has 1 nitrogen and oxygen atoms in total. The Morgan fingerprint density at radius 3 is 2.64 bits per heavy atom. The van der Waals surface area contributed by atoms with Crippen LogP contribution in [0.1, 0.15) is 53.4 Å². The molecule has 2 unspecified atom stereocenters. The van der Waals surface area contributed by atoms with Crippen LogP contribution >= 0.6 is 0 Å². The number of allylic oxidation sites excluding steroid dienone is 2. The molecule has 0 saturated carbocycles. The van der Waals surface area contributed by atoms with Crippen LogP contribution in [0.2, 0.25) is 0 Å². The molecule has 1 heteroatoms. The highest BCUT2D eigenvalue weighted by molar-refractivity contribution is 5.03. The first-order chi connectivity index (χ1) is 6.38. The Hall–Kier alpha value is -0.300. The molecule has 0 aromatic rings. The molecule has 0 aliphatic heterocycles. The van der Waals surface area contributed by atoms with Gasteiger partial charge in [-0.05, 0) is 58.3 Å². The Labute approximate surface area is 88.2 Å². The lowest BCUT2D eigenvalue weighted by molar-refractivity contribution is 0.0436. The summed E-state index contributed by atoms with van der Waals surface area (Å²) in [5.74, 6) is 1.42. The minimum absolute atomic E-state index is 0.504. The van der Waals surface area contributed by atoms with E-state index in [9.17, 15) is 5.11 Å². The van der Waals surface area contributed by atoms with Gasteiger partial charge >= 0.3 is 0 Å². The topological polar surface area (TPSA) is 20.2 Å². The molecule has 0 bridgehead atoms. The SMILES string of the molecule is CC1=CCC(C(C)CC(C)(C)O)CC1. The van der Waals surface area contributed by atoms with Crippen LogP contribution in [0.15, 0.2) is 11.6 Å². The van der Waals surface area contributed by atoms with E-state index in [1.165, 1.54) is 24.8 Å². The lowest BCUT2D eigenvalue weighted by Gasteiger charge is -2.30. The van der Waals surface area contributed by atoms with Gasteiger partial charge < -0.3 is 5.11 Å². The van der Waals surface area contributed by atoms with E-state index >= 15 is 0 Å². The van der Waals surface area contributed by atoms with E-state index < -0.39 is 5.60 Å². The van der Waals surface area contributed by atoms with Crippen LogP contribution in [0.4, 0.5) is 0 Å². The zero-order chi connectivity index (χ0) is 10.8. The summed E-state index contributed by atoms with van der Waals surface area (Å²) < 4.78 is 0. The maximum Gasteiger partial charge on any atom is 0.0594 e. The van der Waals surface area contributed by atoms with Crippen molar-refractivity contribution in [1.82, 2.24) is 0 Å². The van der Waals surface area contributed by atoms with Crippen LogP contribution in [0.5, 0.6) is 0 Å². The highest BCUT2D eigenvalue weighted by atomic mass is 16.3. The second kappa shape index (κ2) is 4.48. The van der Waals surface area contributed by atoms with E-state index in [4.69, 9.17) is 0 Å². The molecule has 1 aliphatic carbocycles. The average molecular weight is 196 g/mol. The predicted molar refractivity (Wildman–Crippen MR) is 61.2 cm³/mol. The minimum atomic E-state index is -0.504. The number of rotatable bonds is 3. The molecular formula is C13H24O. The van der Waals surface area contributed by atoms with Gasteiger partial charge in [-0.25, -0.2) is 0 Å². The molecule has 0 spiro atoms. The van der Waals surface area contributed by atoms with Crippen molar-refractivity contribution >= 4 is 0 Å². The summed E-state index contributed by atoms with van der Waals surface area (Å²) in [6, 6.07) is 0. The standard InChI is InChI=1S/C13H24O/c1-10-5-7-12(8-6-10)11(2)9-13(3,4)14/h5,11-12,14H,6-9H2,1-4H3. The largest absolute Gasteiger partial charge is 0.390 e. The molecule has 0 aromatic carbocycles. The summed E-state index contributed by atoms with van der Waals surface area (Å²) >= 11 is 0. The fourth-order valence-electron chi connectivity index (χ4n) is 2.46. The van der Waals surface area contributed by atoms with E-state index in [0.29, 0.717) is 5.92 Å². The third kappa shape index (κ3) is 3.83. The molecule has 0 saturated heterocycles. The van der Waals surface area contributed by atoms with Gasteiger partial charge in [-0.1, -0.05) is 18.6 Å². The summed E-state index contributed by atoms with van der Waals surface area (Å²) in [4.78, 5) is 0. The van der Waals surface area contributed by atoms with Gasteiger partial charge in [0.05, 0.1) is 5.60 Å². The van der Waals surface area contributed by atoms with Gasteiger partial charge in [-0.15, -0.1) is 0 Å². The Morgan fingerprint density at radius 2 is 2.21 bits per heavy atom. The Balaban J connectivity index is 2.43. The summed E-state index contributed by atoms with van der Waals surface area (Å²) in [5.41, 5.74) is 1.03. The summed E-state index contributed by atoms with van der Waals surface area (Å²) in [6.07, 6.45) is 7.06. The fourth-order valence-corrected chi connectivity index (χ4v) is 2.46. The van der Waals surface area contributed by atoms with E-state index in [1.54, 1.807) is 0 Å². The van der Waals surface area contributed by atoms with Crippen molar-refractivity contribution in [3.8, 4) is 0 Å². The van der Waals surface area contributed by atoms with Gasteiger partial charge in [0.25, 0.3) is 0 Å². The molecule has 0 radical (unpaired) electrons. The van der Waals surface area contributed by atoms with Crippen molar-refractivity contribution in [3.05, 3.63) is 11.6 Å². The number of hydrogen-bond donors (Lipinski definition) is 1.